The fourth-order valence-electron chi connectivity index (χ4n) is 1.99. The topological polar surface area (TPSA) is 75.7 Å². The molecule has 0 spiro atoms. The van der Waals surface area contributed by atoms with E-state index in [2.05, 4.69) is 5.32 Å². The van der Waals surface area contributed by atoms with Crippen molar-refractivity contribution in [2.45, 2.75) is 6.04 Å². The molecule has 2 unspecified atom stereocenters. The van der Waals surface area contributed by atoms with Gasteiger partial charge in [-0.15, -0.1) is 11.3 Å². The maximum absolute atomic E-state index is 12.0. The lowest BCUT2D eigenvalue weighted by atomic mass is 10.1. The number of rotatable bonds is 5. The van der Waals surface area contributed by atoms with Gasteiger partial charge in [-0.25, -0.2) is 12.7 Å². The monoisotopic (exact) mass is 318 g/mol. The van der Waals surface area contributed by atoms with Crippen molar-refractivity contribution in [2.75, 3.05) is 33.1 Å². The molecule has 2 heterocycles. The number of carbonyl (C=O) groups excluding carboxylic acids is 1. The van der Waals surface area contributed by atoms with Crippen molar-refractivity contribution in [3.8, 4) is 0 Å². The number of carbonyl (C=O) groups is 1. The molecule has 1 saturated heterocycles. The lowest BCUT2D eigenvalue weighted by Gasteiger charge is -2.20. The Morgan fingerprint density at radius 3 is 2.85 bits per heavy atom. The zero-order chi connectivity index (χ0) is 14.8. The molecular formula is C12H18N2O4S2. The Kier molecular flexibility index (Phi) is 4.79. The molecule has 0 bridgehead atoms. The van der Waals surface area contributed by atoms with Crippen LogP contribution in [0.3, 0.4) is 0 Å². The Balaban J connectivity index is 1.99. The number of amides is 1. The molecular weight excluding hydrogens is 300 g/mol. The first-order valence-corrected chi connectivity index (χ1v) is 8.71. The highest BCUT2D eigenvalue weighted by Gasteiger charge is 2.34. The fraction of sp³-hybridized carbons (Fsp3) is 0.583. The van der Waals surface area contributed by atoms with Crippen LogP contribution in [0.15, 0.2) is 17.5 Å². The first-order valence-electron chi connectivity index (χ1n) is 6.22. The average molecular weight is 318 g/mol. The Bertz CT molecular complexity index is 554. The van der Waals surface area contributed by atoms with Crippen molar-refractivity contribution >= 4 is 27.3 Å². The Morgan fingerprint density at radius 1 is 1.50 bits per heavy atom. The van der Waals surface area contributed by atoms with Crippen LogP contribution in [0.25, 0.3) is 0 Å². The summed E-state index contributed by atoms with van der Waals surface area (Å²) in [6.45, 7) is 0.702. The second kappa shape index (κ2) is 6.21. The molecule has 1 fully saturated rings. The number of sulfonamides is 1. The lowest BCUT2D eigenvalue weighted by molar-refractivity contribution is 0.0930. The molecule has 2 atom stereocenters. The zero-order valence-corrected chi connectivity index (χ0v) is 13.0. The van der Waals surface area contributed by atoms with Gasteiger partial charge in [-0.3, -0.25) is 4.79 Å². The van der Waals surface area contributed by atoms with Crippen LogP contribution in [0.1, 0.15) is 9.67 Å². The lowest BCUT2D eigenvalue weighted by Crippen LogP contribution is -2.43. The second-order valence-corrected chi connectivity index (χ2v) is 8.09. The molecule has 1 aromatic heterocycles. The summed E-state index contributed by atoms with van der Waals surface area (Å²) in [5.74, 6) is -0.413. The van der Waals surface area contributed by atoms with Crippen LogP contribution in [-0.4, -0.2) is 57.7 Å². The minimum absolute atomic E-state index is 0.0185. The van der Waals surface area contributed by atoms with Crippen molar-refractivity contribution in [1.82, 2.24) is 9.62 Å². The smallest absolute Gasteiger partial charge is 0.261 e. The van der Waals surface area contributed by atoms with Gasteiger partial charge in [0.1, 0.15) is 0 Å². The highest BCUT2D eigenvalue weighted by molar-refractivity contribution is 7.89. The Morgan fingerprint density at radius 2 is 2.25 bits per heavy atom. The van der Waals surface area contributed by atoms with Gasteiger partial charge in [-0.05, 0) is 11.4 Å². The summed E-state index contributed by atoms with van der Waals surface area (Å²) in [7, 11) is -0.291. The molecule has 0 aliphatic carbocycles. The van der Waals surface area contributed by atoms with E-state index in [9.17, 15) is 13.2 Å². The molecule has 1 N–H and O–H groups in total. The van der Waals surface area contributed by atoms with Crippen molar-refractivity contribution < 1.29 is 17.9 Å². The molecule has 8 heteroatoms. The van der Waals surface area contributed by atoms with Crippen LogP contribution in [0, 0.1) is 5.92 Å². The van der Waals surface area contributed by atoms with Crippen LogP contribution in [0.5, 0.6) is 0 Å². The first-order chi connectivity index (χ1) is 9.40. The molecule has 2 rings (SSSR count). The predicted molar refractivity (Wildman–Crippen MR) is 77.4 cm³/mol. The van der Waals surface area contributed by atoms with Crippen LogP contribution < -0.4 is 5.32 Å². The summed E-state index contributed by atoms with van der Waals surface area (Å²) in [5.41, 5.74) is 0. The largest absolute Gasteiger partial charge is 0.379 e. The molecule has 6 nitrogen and oxygen atoms in total. The molecule has 1 aliphatic heterocycles. The van der Waals surface area contributed by atoms with Crippen LogP contribution in [-0.2, 0) is 14.8 Å². The van der Waals surface area contributed by atoms with Gasteiger partial charge >= 0.3 is 0 Å². The molecule has 0 aromatic carbocycles. The predicted octanol–water partition coefficient (Wildman–Crippen LogP) is 0.384. The summed E-state index contributed by atoms with van der Waals surface area (Å²) in [6.07, 6.45) is 0. The van der Waals surface area contributed by atoms with E-state index in [1.54, 1.807) is 12.1 Å². The highest BCUT2D eigenvalue weighted by atomic mass is 32.2. The van der Waals surface area contributed by atoms with E-state index in [-0.39, 0.29) is 23.6 Å². The minimum atomic E-state index is -3.30. The van der Waals surface area contributed by atoms with Gasteiger partial charge in [0.2, 0.25) is 10.0 Å². The van der Waals surface area contributed by atoms with Crippen molar-refractivity contribution in [3.63, 3.8) is 0 Å². The number of nitrogens with one attached hydrogen (secondary N) is 1. The summed E-state index contributed by atoms with van der Waals surface area (Å²) >= 11 is 1.35. The summed E-state index contributed by atoms with van der Waals surface area (Å²) in [6, 6.07) is 3.28. The van der Waals surface area contributed by atoms with Crippen molar-refractivity contribution in [1.29, 1.82) is 0 Å². The van der Waals surface area contributed by atoms with Crippen LogP contribution >= 0.6 is 11.3 Å². The van der Waals surface area contributed by atoms with Crippen LogP contribution in [0.4, 0.5) is 0 Å². The van der Waals surface area contributed by atoms with Crippen molar-refractivity contribution in [2.24, 2.45) is 5.92 Å². The molecule has 1 aliphatic rings. The molecule has 0 radical (unpaired) electrons. The number of ether oxygens (including phenoxy) is 1. The number of nitrogens with zero attached hydrogens (tertiary/aromatic N) is 1. The second-order valence-electron chi connectivity index (χ2n) is 4.92. The Labute approximate surface area is 122 Å². The van der Waals surface area contributed by atoms with Gasteiger partial charge in [0, 0.05) is 20.0 Å². The van der Waals surface area contributed by atoms with Crippen LogP contribution in [0.2, 0.25) is 0 Å². The van der Waals surface area contributed by atoms with Gasteiger partial charge in [0.15, 0.2) is 0 Å². The van der Waals surface area contributed by atoms with Gasteiger partial charge in [-0.1, -0.05) is 6.07 Å². The number of hydrogen-bond donors (Lipinski definition) is 1. The third-order valence-corrected chi connectivity index (χ3v) is 6.07. The number of thiophene rings is 1. The van der Waals surface area contributed by atoms with E-state index < -0.39 is 10.0 Å². The molecule has 1 amide bonds. The van der Waals surface area contributed by atoms with Crippen molar-refractivity contribution in [3.05, 3.63) is 22.4 Å². The van der Waals surface area contributed by atoms with Gasteiger partial charge in [-0.2, -0.15) is 0 Å². The third-order valence-electron chi connectivity index (χ3n) is 3.24. The summed E-state index contributed by atoms with van der Waals surface area (Å²) in [5, 5.41) is 4.68. The van der Waals surface area contributed by atoms with E-state index in [1.165, 1.54) is 29.7 Å². The maximum atomic E-state index is 12.0. The molecule has 20 heavy (non-hydrogen) atoms. The Hall–Kier alpha value is -0.960. The van der Waals surface area contributed by atoms with E-state index in [0.717, 1.165) is 0 Å². The maximum Gasteiger partial charge on any atom is 0.261 e. The summed E-state index contributed by atoms with van der Waals surface area (Å²) in [4.78, 5) is 12.6. The molecule has 0 saturated carbocycles. The zero-order valence-electron chi connectivity index (χ0n) is 11.4. The standard InChI is InChI=1S/C12H18N2O4S2/c1-14(2)20(16,17)8-9-6-18-7-10(9)13-12(15)11-4-3-5-19-11/h3-5,9-10H,6-8H2,1-2H3,(H,13,15). The fourth-order valence-corrected chi connectivity index (χ4v) is 3.78. The highest BCUT2D eigenvalue weighted by Crippen LogP contribution is 2.18. The quantitative estimate of drug-likeness (QED) is 0.852. The summed E-state index contributed by atoms with van der Waals surface area (Å²) < 4.78 is 30.3. The van der Waals surface area contributed by atoms with E-state index >= 15 is 0 Å². The number of hydrogen-bond acceptors (Lipinski definition) is 5. The van der Waals surface area contributed by atoms with E-state index in [4.69, 9.17) is 4.74 Å². The normalized spacial score (nSPS) is 23.1. The van der Waals surface area contributed by atoms with Gasteiger partial charge in [0.25, 0.3) is 5.91 Å². The molecule has 1 aromatic rings. The van der Waals surface area contributed by atoms with E-state index in [0.29, 0.717) is 18.1 Å². The van der Waals surface area contributed by atoms with E-state index in [1.807, 2.05) is 5.38 Å². The van der Waals surface area contributed by atoms with Gasteiger partial charge in [0.05, 0.1) is 29.9 Å². The first kappa shape index (κ1) is 15.4. The minimum Gasteiger partial charge on any atom is -0.379 e. The van der Waals surface area contributed by atoms with Gasteiger partial charge < -0.3 is 10.1 Å². The SMILES string of the molecule is CN(C)S(=O)(=O)CC1COCC1NC(=O)c1cccs1. The average Bonchev–Trinajstić information content (AvgIpc) is 3.00. The third kappa shape index (κ3) is 3.57. The molecule has 112 valence electrons.